The molecule has 1 amide bonds. The van der Waals surface area contributed by atoms with E-state index in [0.29, 0.717) is 17.4 Å². The number of fused-ring (bicyclic) bond motifs is 1. The Bertz CT molecular complexity index is 1190. The fourth-order valence-corrected chi connectivity index (χ4v) is 2.66. The van der Waals surface area contributed by atoms with Crippen LogP contribution in [0.15, 0.2) is 65.6 Å². The summed E-state index contributed by atoms with van der Waals surface area (Å²) in [4.78, 5) is 23.5. The second-order valence-corrected chi connectivity index (χ2v) is 6.05. The third-order valence-electron chi connectivity index (χ3n) is 4.02. The average molecular weight is 391 g/mol. The fraction of sp³-hybridized carbons (Fsp3) is 0.158. The highest BCUT2D eigenvalue weighted by molar-refractivity contribution is 5.75. The molecular weight excluding hydrogens is 374 g/mol. The maximum absolute atomic E-state index is 11.9. The molecule has 4 rings (SSSR count). The van der Waals surface area contributed by atoms with Crippen LogP contribution in [0, 0.1) is 0 Å². The fourth-order valence-electron chi connectivity index (χ4n) is 2.66. The van der Waals surface area contributed by atoms with Crippen LogP contribution in [0.4, 0.5) is 0 Å². The first-order valence-electron chi connectivity index (χ1n) is 8.90. The Morgan fingerprint density at radius 2 is 1.90 bits per heavy atom. The highest BCUT2D eigenvalue weighted by Gasteiger charge is 2.10. The van der Waals surface area contributed by atoms with Crippen LogP contribution in [0.2, 0.25) is 0 Å². The van der Waals surface area contributed by atoms with Crippen LogP contribution in [0.1, 0.15) is 0 Å². The molecule has 10 nitrogen and oxygen atoms in total. The lowest BCUT2D eigenvalue weighted by molar-refractivity contribution is -0.122. The van der Waals surface area contributed by atoms with Crippen molar-refractivity contribution in [2.45, 2.75) is 6.54 Å². The van der Waals surface area contributed by atoms with Gasteiger partial charge >= 0.3 is 0 Å². The third-order valence-corrected chi connectivity index (χ3v) is 4.02. The smallest absolute Gasteiger partial charge is 0.267 e. The predicted octanol–water partition coefficient (Wildman–Crippen LogP) is 0.543. The van der Waals surface area contributed by atoms with Gasteiger partial charge in [-0.25, -0.2) is 4.68 Å². The van der Waals surface area contributed by atoms with Gasteiger partial charge in [-0.1, -0.05) is 30.3 Å². The monoisotopic (exact) mass is 391 g/mol. The number of hydrogen-bond acceptors (Lipinski definition) is 7. The summed E-state index contributed by atoms with van der Waals surface area (Å²) in [5.41, 5.74) is 1.16. The van der Waals surface area contributed by atoms with E-state index in [1.165, 1.54) is 18.3 Å². The first kappa shape index (κ1) is 18.3. The lowest BCUT2D eigenvalue weighted by Crippen LogP contribution is -2.35. The van der Waals surface area contributed by atoms with Gasteiger partial charge < -0.3 is 10.1 Å². The Balaban J connectivity index is 1.35. The summed E-state index contributed by atoms with van der Waals surface area (Å²) in [5.74, 6) is 0.660. The van der Waals surface area contributed by atoms with Gasteiger partial charge in [0, 0.05) is 23.9 Å². The SMILES string of the molecule is O=C(Cn1ncccc1=O)NCCOc1ccc2nnc(-c3ccccc3)n2n1. The van der Waals surface area contributed by atoms with Crippen molar-refractivity contribution >= 4 is 11.6 Å². The Kier molecular flexibility index (Phi) is 5.23. The van der Waals surface area contributed by atoms with E-state index >= 15 is 0 Å². The van der Waals surface area contributed by atoms with Crippen LogP contribution in [0.3, 0.4) is 0 Å². The molecule has 3 heterocycles. The Morgan fingerprint density at radius 3 is 2.72 bits per heavy atom. The Labute approximate surface area is 164 Å². The van der Waals surface area contributed by atoms with Gasteiger partial charge in [0.25, 0.3) is 5.56 Å². The number of hydrogen-bond donors (Lipinski definition) is 1. The van der Waals surface area contributed by atoms with Gasteiger partial charge in [0.05, 0.1) is 6.54 Å². The molecule has 10 heteroatoms. The molecule has 146 valence electrons. The van der Waals surface area contributed by atoms with Crippen LogP contribution >= 0.6 is 0 Å². The van der Waals surface area contributed by atoms with E-state index in [9.17, 15) is 9.59 Å². The molecule has 0 aliphatic carbocycles. The lowest BCUT2D eigenvalue weighted by Gasteiger charge is -2.08. The summed E-state index contributed by atoms with van der Waals surface area (Å²) in [5, 5.41) is 19.2. The highest BCUT2D eigenvalue weighted by Crippen LogP contribution is 2.18. The largest absolute Gasteiger partial charge is 0.475 e. The minimum atomic E-state index is -0.334. The van der Waals surface area contributed by atoms with Gasteiger partial charge in [0.2, 0.25) is 11.8 Å². The summed E-state index contributed by atoms with van der Waals surface area (Å²) in [7, 11) is 0. The number of aromatic nitrogens is 6. The molecule has 3 aromatic heterocycles. The molecule has 0 unspecified atom stereocenters. The number of carbonyl (C=O) groups excluding carboxylic acids is 1. The number of benzene rings is 1. The van der Waals surface area contributed by atoms with Crippen molar-refractivity contribution in [3.8, 4) is 17.3 Å². The molecule has 0 saturated carbocycles. The molecular formula is C19H17N7O3. The average Bonchev–Trinajstić information content (AvgIpc) is 3.17. The number of nitrogens with zero attached hydrogens (tertiary/aromatic N) is 6. The normalized spacial score (nSPS) is 10.8. The van der Waals surface area contributed by atoms with Crippen molar-refractivity contribution in [3.05, 3.63) is 71.1 Å². The van der Waals surface area contributed by atoms with E-state index in [4.69, 9.17) is 4.74 Å². The van der Waals surface area contributed by atoms with Gasteiger partial charge in [0.1, 0.15) is 13.2 Å². The van der Waals surface area contributed by atoms with E-state index in [1.807, 2.05) is 30.3 Å². The molecule has 0 bridgehead atoms. The highest BCUT2D eigenvalue weighted by atomic mass is 16.5. The number of carbonyl (C=O) groups is 1. The lowest BCUT2D eigenvalue weighted by atomic mass is 10.2. The van der Waals surface area contributed by atoms with Crippen molar-refractivity contribution in [3.63, 3.8) is 0 Å². The Morgan fingerprint density at radius 1 is 1.03 bits per heavy atom. The van der Waals surface area contributed by atoms with E-state index in [-0.39, 0.29) is 31.2 Å². The van der Waals surface area contributed by atoms with Gasteiger partial charge in [-0.3, -0.25) is 9.59 Å². The molecule has 4 aromatic rings. The number of ether oxygens (including phenoxy) is 1. The topological polar surface area (TPSA) is 116 Å². The molecule has 0 fully saturated rings. The van der Waals surface area contributed by atoms with Crippen LogP contribution in [-0.2, 0) is 11.3 Å². The number of rotatable bonds is 7. The summed E-state index contributed by atoms with van der Waals surface area (Å²) in [6.45, 7) is 0.322. The van der Waals surface area contributed by atoms with Crippen LogP contribution in [0.25, 0.3) is 17.0 Å². The van der Waals surface area contributed by atoms with Crippen molar-refractivity contribution in [2.75, 3.05) is 13.2 Å². The van der Waals surface area contributed by atoms with Gasteiger partial charge in [0.15, 0.2) is 11.5 Å². The molecule has 1 aromatic carbocycles. The van der Waals surface area contributed by atoms with Crippen molar-refractivity contribution in [2.24, 2.45) is 0 Å². The zero-order valence-corrected chi connectivity index (χ0v) is 15.3. The maximum atomic E-state index is 11.9. The molecule has 0 saturated heterocycles. The quantitative estimate of drug-likeness (QED) is 0.457. The zero-order valence-electron chi connectivity index (χ0n) is 15.3. The minimum Gasteiger partial charge on any atom is -0.475 e. The number of nitrogens with one attached hydrogen (secondary N) is 1. The van der Waals surface area contributed by atoms with E-state index in [0.717, 1.165) is 10.2 Å². The summed E-state index contributed by atoms with van der Waals surface area (Å²) in [6, 6.07) is 15.9. The Hall–Kier alpha value is -4.08. The molecule has 1 N–H and O–H groups in total. The van der Waals surface area contributed by atoms with Crippen LogP contribution < -0.4 is 15.6 Å². The molecule has 0 aliphatic heterocycles. The molecule has 0 spiro atoms. The molecule has 0 aliphatic rings. The minimum absolute atomic E-state index is 0.148. The van der Waals surface area contributed by atoms with Gasteiger partial charge in [-0.15, -0.1) is 15.3 Å². The zero-order chi connectivity index (χ0) is 20.1. The van der Waals surface area contributed by atoms with Gasteiger partial charge in [-0.05, 0) is 12.1 Å². The van der Waals surface area contributed by atoms with Crippen molar-refractivity contribution in [1.82, 2.24) is 34.9 Å². The van der Waals surface area contributed by atoms with Crippen molar-refractivity contribution in [1.29, 1.82) is 0 Å². The summed E-state index contributed by atoms with van der Waals surface area (Å²) in [6.07, 6.45) is 1.45. The standard InChI is InChI=1S/C19H17N7O3/c27-16(13-25-18(28)7-4-10-21-25)20-11-12-29-17-9-8-15-22-23-19(26(15)24-17)14-5-2-1-3-6-14/h1-10H,11-13H2,(H,20,27). The van der Waals surface area contributed by atoms with Crippen LogP contribution in [0.5, 0.6) is 5.88 Å². The first-order valence-corrected chi connectivity index (χ1v) is 8.90. The van der Waals surface area contributed by atoms with E-state index in [1.54, 1.807) is 16.6 Å². The predicted molar refractivity (Wildman–Crippen MR) is 103 cm³/mol. The maximum Gasteiger partial charge on any atom is 0.267 e. The molecule has 0 radical (unpaired) electrons. The van der Waals surface area contributed by atoms with E-state index in [2.05, 4.69) is 25.7 Å². The van der Waals surface area contributed by atoms with Crippen LogP contribution in [-0.4, -0.2) is 48.7 Å². The molecule has 29 heavy (non-hydrogen) atoms. The molecule has 0 atom stereocenters. The first-order chi connectivity index (χ1) is 14.2. The van der Waals surface area contributed by atoms with Crippen molar-refractivity contribution < 1.29 is 9.53 Å². The van der Waals surface area contributed by atoms with E-state index < -0.39 is 0 Å². The number of amides is 1. The van der Waals surface area contributed by atoms with Gasteiger partial charge in [-0.2, -0.15) is 9.61 Å². The second-order valence-electron chi connectivity index (χ2n) is 6.05. The second kappa shape index (κ2) is 8.30. The summed E-state index contributed by atoms with van der Waals surface area (Å²) < 4.78 is 8.31. The third kappa shape index (κ3) is 4.26. The summed E-state index contributed by atoms with van der Waals surface area (Å²) >= 11 is 0.